The molecule has 3 aromatic rings. The fraction of sp³-hybridized carbons (Fsp3) is 0.324. The fourth-order valence-electron chi connectivity index (χ4n) is 5.45. The Morgan fingerprint density at radius 1 is 0.848 bits per heavy atom. The highest BCUT2D eigenvalue weighted by Crippen LogP contribution is 2.46. The number of benzene rings is 3. The number of methoxy groups -OCH3 is 1. The minimum Gasteiger partial charge on any atom is -0.497 e. The normalized spacial score (nSPS) is 16.3. The lowest BCUT2D eigenvalue weighted by molar-refractivity contribution is -0.149. The Morgan fingerprint density at radius 3 is 1.93 bits per heavy atom. The van der Waals surface area contributed by atoms with Gasteiger partial charge in [0.05, 0.1) is 44.6 Å². The molecule has 242 valence electrons. The topological polar surface area (TPSA) is 162 Å². The molecule has 3 unspecified atom stereocenters. The molecule has 3 atom stereocenters. The number of ether oxygens (including phenoxy) is 1. The number of rotatable bonds is 15. The van der Waals surface area contributed by atoms with E-state index in [4.69, 9.17) is 14.9 Å². The van der Waals surface area contributed by atoms with E-state index in [2.05, 4.69) is 0 Å². The number of aliphatic carboxylic acids is 2. The molecule has 1 heterocycles. The number of carbonyl (C=O) groups excluding carboxylic acids is 3. The van der Waals surface area contributed by atoms with Gasteiger partial charge in [-0.2, -0.15) is 0 Å². The molecule has 0 bridgehead atoms. The van der Waals surface area contributed by atoms with Crippen molar-refractivity contribution in [1.82, 2.24) is 4.90 Å². The van der Waals surface area contributed by atoms with E-state index in [0.717, 1.165) is 10.5 Å². The molecule has 11 nitrogen and oxygen atoms in total. The number of hydrogen-bond acceptors (Lipinski definition) is 7. The maximum Gasteiger partial charge on any atom is 0.303 e. The van der Waals surface area contributed by atoms with Gasteiger partial charge in [0.15, 0.2) is 0 Å². The lowest BCUT2D eigenvalue weighted by Gasteiger charge is -2.48. The summed E-state index contributed by atoms with van der Waals surface area (Å²) in [6.45, 7) is -0.197. The smallest absolute Gasteiger partial charge is 0.303 e. The van der Waals surface area contributed by atoms with E-state index in [1.807, 2.05) is 12.1 Å². The Balaban J connectivity index is 1.52. The van der Waals surface area contributed by atoms with Crippen LogP contribution in [0, 0.1) is 11.7 Å². The first-order valence-electron chi connectivity index (χ1n) is 14.7. The van der Waals surface area contributed by atoms with E-state index in [-0.39, 0.29) is 24.9 Å². The quantitative estimate of drug-likeness (QED) is 0.202. The van der Waals surface area contributed by atoms with Gasteiger partial charge in [0.2, 0.25) is 17.7 Å². The largest absolute Gasteiger partial charge is 0.497 e. The Morgan fingerprint density at radius 2 is 1.41 bits per heavy atom. The zero-order chi connectivity index (χ0) is 33.4. The van der Waals surface area contributed by atoms with E-state index in [1.165, 1.54) is 24.3 Å². The van der Waals surface area contributed by atoms with Crippen molar-refractivity contribution in [2.45, 2.75) is 57.2 Å². The number of carbonyl (C=O) groups is 5. The summed E-state index contributed by atoms with van der Waals surface area (Å²) in [4.78, 5) is 63.4. The first kappa shape index (κ1) is 33.8. The van der Waals surface area contributed by atoms with Crippen LogP contribution in [-0.4, -0.2) is 57.0 Å². The number of aliphatic hydroxyl groups is 1. The van der Waals surface area contributed by atoms with Crippen molar-refractivity contribution in [2.75, 3.05) is 12.0 Å². The molecule has 0 aliphatic carbocycles. The molecule has 1 aliphatic heterocycles. The maximum absolute atomic E-state index is 13.5. The van der Waals surface area contributed by atoms with Crippen LogP contribution in [0.1, 0.15) is 67.4 Å². The highest BCUT2D eigenvalue weighted by Gasteiger charge is 2.48. The Hall–Kier alpha value is -5.10. The number of nitrogens with zero attached hydrogens (tertiary/aromatic N) is 2. The van der Waals surface area contributed by atoms with E-state index in [1.54, 1.807) is 48.4 Å². The monoisotopic (exact) mass is 634 g/mol. The first-order valence-corrected chi connectivity index (χ1v) is 14.7. The predicted molar refractivity (Wildman–Crippen MR) is 163 cm³/mol. The molecule has 1 fully saturated rings. The van der Waals surface area contributed by atoms with Gasteiger partial charge in [0.1, 0.15) is 11.6 Å². The number of halogens is 1. The molecular weight excluding hydrogens is 599 g/mol. The second-order valence-corrected chi connectivity index (χ2v) is 11.0. The van der Waals surface area contributed by atoms with Crippen LogP contribution in [0.15, 0.2) is 72.8 Å². The Kier molecular flexibility index (Phi) is 11.2. The van der Waals surface area contributed by atoms with E-state index in [0.29, 0.717) is 29.0 Å². The summed E-state index contributed by atoms with van der Waals surface area (Å²) in [6, 6.07) is 19.2. The average Bonchev–Trinajstić information content (AvgIpc) is 3.04. The zero-order valence-electron chi connectivity index (χ0n) is 25.2. The van der Waals surface area contributed by atoms with Crippen molar-refractivity contribution in [3.05, 3.63) is 95.3 Å². The standard InChI is InChI=1S/C34H35FN2O9/c1-46-26-12-6-23(7-13-26)33-27(14-15-28(38)22-4-8-24(35)9-5-22)34(45)37(33)25-10-2-21(3-11-25)20-36(29(39)16-18-31(41)42)30(40)17-19-32(43)44/h2-13,27-28,33,38H,14-20H2,1H3,(H,41,42)(H,43,44). The van der Waals surface area contributed by atoms with Crippen molar-refractivity contribution in [2.24, 2.45) is 5.92 Å². The third kappa shape index (κ3) is 8.33. The zero-order valence-corrected chi connectivity index (χ0v) is 25.2. The molecule has 0 saturated carbocycles. The van der Waals surface area contributed by atoms with Gasteiger partial charge in [-0.25, -0.2) is 4.39 Å². The number of β-lactam (4-membered cyclic amide) rings is 1. The molecule has 46 heavy (non-hydrogen) atoms. The summed E-state index contributed by atoms with van der Waals surface area (Å²) in [5.41, 5.74) is 2.48. The van der Waals surface area contributed by atoms with Crippen LogP contribution < -0.4 is 9.64 Å². The van der Waals surface area contributed by atoms with Gasteiger partial charge in [-0.1, -0.05) is 36.4 Å². The highest BCUT2D eigenvalue weighted by molar-refractivity contribution is 6.03. The molecule has 1 aliphatic rings. The van der Waals surface area contributed by atoms with Crippen molar-refractivity contribution >= 4 is 35.3 Å². The minimum absolute atomic E-state index is 0.158. The highest BCUT2D eigenvalue weighted by atomic mass is 19.1. The van der Waals surface area contributed by atoms with Crippen LogP contribution in [0.4, 0.5) is 10.1 Å². The molecule has 3 N–H and O–H groups in total. The van der Waals surface area contributed by atoms with Crippen molar-refractivity contribution in [3.63, 3.8) is 0 Å². The Labute approximate surface area is 264 Å². The van der Waals surface area contributed by atoms with Crippen LogP contribution in [0.3, 0.4) is 0 Å². The summed E-state index contributed by atoms with van der Waals surface area (Å²) < 4.78 is 18.6. The van der Waals surface area contributed by atoms with E-state index < -0.39 is 67.3 Å². The molecule has 0 spiro atoms. The second kappa shape index (κ2) is 15.3. The fourth-order valence-corrected chi connectivity index (χ4v) is 5.45. The van der Waals surface area contributed by atoms with Crippen molar-refractivity contribution < 1.29 is 48.4 Å². The van der Waals surface area contributed by atoms with Crippen molar-refractivity contribution in [3.8, 4) is 5.75 Å². The van der Waals surface area contributed by atoms with Gasteiger partial charge in [-0.15, -0.1) is 0 Å². The lowest BCUT2D eigenvalue weighted by atomic mass is 9.78. The molecule has 4 rings (SSSR count). The third-order valence-corrected chi connectivity index (χ3v) is 7.94. The number of carboxylic acids is 2. The molecule has 3 aromatic carbocycles. The summed E-state index contributed by atoms with van der Waals surface area (Å²) >= 11 is 0. The molecule has 12 heteroatoms. The number of imide groups is 1. The van der Waals surface area contributed by atoms with Crippen LogP contribution in [-0.2, 0) is 30.5 Å². The molecule has 0 aromatic heterocycles. The van der Waals surface area contributed by atoms with Crippen molar-refractivity contribution in [1.29, 1.82) is 0 Å². The SMILES string of the molecule is COc1ccc(C2C(CCC(O)c3ccc(F)cc3)C(=O)N2c2ccc(CN(C(=O)CCC(=O)O)C(=O)CCC(=O)O)cc2)cc1. The van der Waals surface area contributed by atoms with Gasteiger partial charge in [0, 0.05) is 18.5 Å². The van der Waals surface area contributed by atoms with Crippen LogP contribution >= 0.6 is 0 Å². The lowest BCUT2D eigenvalue weighted by Crippen LogP contribution is -2.55. The molecular formula is C34H35FN2O9. The van der Waals surface area contributed by atoms with Crippen LogP contribution in [0.25, 0.3) is 0 Å². The maximum atomic E-state index is 13.5. The Bertz CT molecular complexity index is 1530. The van der Waals surface area contributed by atoms with Crippen LogP contribution in [0.2, 0.25) is 0 Å². The number of aliphatic hydroxyl groups excluding tert-OH is 1. The summed E-state index contributed by atoms with van der Waals surface area (Å²) in [5, 5.41) is 28.6. The van der Waals surface area contributed by atoms with E-state index in [9.17, 15) is 33.5 Å². The average molecular weight is 635 g/mol. The minimum atomic E-state index is -1.20. The number of carboxylic acid groups (broad SMARTS) is 2. The van der Waals surface area contributed by atoms with Gasteiger partial charge in [0.25, 0.3) is 0 Å². The van der Waals surface area contributed by atoms with E-state index >= 15 is 0 Å². The number of anilines is 1. The first-order chi connectivity index (χ1) is 22.0. The van der Waals surface area contributed by atoms with Gasteiger partial charge < -0.3 is 25.0 Å². The second-order valence-electron chi connectivity index (χ2n) is 11.0. The van der Waals surface area contributed by atoms with Crippen LogP contribution in [0.5, 0.6) is 5.75 Å². The number of amides is 3. The predicted octanol–water partition coefficient (Wildman–Crippen LogP) is 4.64. The molecule has 1 saturated heterocycles. The summed E-state index contributed by atoms with van der Waals surface area (Å²) in [5.74, 6) is -4.24. The number of hydrogen-bond donors (Lipinski definition) is 3. The third-order valence-electron chi connectivity index (χ3n) is 7.94. The summed E-state index contributed by atoms with van der Waals surface area (Å²) in [6.07, 6.45) is -2.03. The van der Waals surface area contributed by atoms with Gasteiger partial charge >= 0.3 is 11.9 Å². The molecule has 0 radical (unpaired) electrons. The van der Waals surface area contributed by atoms with Gasteiger partial charge in [-0.05, 0) is 65.9 Å². The van der Waals surface area contributed by atoms with Gasteiger partial charge in [-0.3, -0.25) is 28.9 Å². The molecule has 3 amide bonds. The summed E-state index contributed by atoms with van der Waals surface area (Å²) in [7, 11) is 1.55.